The number of hydrogen-bond acceptors (Lipinski definition) is 4. The molecule has 0 aromatic carbocycles. The first-order valence-corrected chi connectivity index (χ1v) is 9.26. The highest BCUT2D eigenvalue weighted by atomic mass is 16.5. The number of likely N-dealkylation sites (tertiary alicyclic amines) is 1. The van der Waals surface area contributed by atoms with E-state index in [1.165, 1.54) is 37.8 Å². The maximum absolute atomic E-state index is 5.20. The summed E-state index contributed by atoms with van der Waals surface area (Å²) in [5, 5.41) is 10.8. The van der Waals surface area contributed by atoms with Crippen LogP contribution in [0.15, 0.2) is 9.52 Å². The number of hydrogen-bond donors (Lipinski definition) is 2. The minimum Gasteiger partial charge on any atom is -0.361 e. The zero-order chi connectivity index (χ0) is 17.4. The Labute approximate surface area is 146 Å². The van der Waals surface area contributed by atoms with E-state index in [9.17, 15) is 0 Å². The van der Waals surface area contributed by atoms with Crippen molar-refractivity contribution in [2.75, 3.05) is 33.2 Å². The standard InChI is InChI=1S/C18H33N5O/c1-5-16-8-6-7-12-23(16)13-11-21-18(19-4)20-10-9-17-14(2)22-24-15(17)3/h16H,5-13H2,1-4H3,(H2,19,20,21). The molecule has 24 heavy (non-hydrogen) atoms. The van der Waals surface area contributed by atoms with E-state index >= 15 is 0 Å². The minimum atomic E-state index is 0.759. The molecule has 136 valence electrons. The van der Waals surface area contributed by atoms with Crippen LogP contribution in [-0.2, 0) is 6.42 Å². The van der Waals surface area contributed by atoms with Gasteiger partial charge in [0.25, 0.3) is 0 Å². The summed E-state index contributed by atoms with van der Waals surface area (Å²) < 4.78 is 5.20. The molecule has 6 heteroatoms. The Balaban J connectivity index is 1.69. The molecule has 0 aliphatic carbocycles. The van der Waals surface area contributed by atoms with E-state index in [0.29, 0.717) is 0 Å². The van der Waals surface area contributed by atoms with E-state index in [2.05, 4.69) is 32.6 Å². The van der Waals surface area contributed by atoms with E-state index in [0.717, 1.165) is 49.5 Å². The lowest BCUT2D eigenvalue weighted by molar-refractivity contribution is 0.147. The van der Waals surface area contributed by atoms with Gasteiger partial charge in [-0.15, -0.1) is 0 Å². The lowest BCUT2D eigenvalue weighted by Crippen LogP contribution is -2.46. The maximum Gasteiger partial charge on any atom is 0.191 e. The molecule has 1 aliphatic rings. The second-order valence-electron chi connectivity index (χ2n) is 6.57. The Morgan fingerprint density at radius 1 is 1.29 bits per heavy atom. The summed E-state index contributed by atoms with van der Waals surface area (Å²) in [7, 11) is 1.82. The predicted octanol–water partition coefficient (Wildman–Crippen LogP) is 2.26. The number of guanidine groups is 1. The van der Waals surface area contributed by atoms with Gasteiger partial charge in [-0.3, -0.25) is 9.89 Å². The fraction of sp³-hybridized carbons (Fsp3) is 0.778. The molecule has 1 unspecified atom stereocenters. The third-order valence-electron chi connectivity index (χ3n) is 4.98. The molecule has 1 aliphatic heterocycles. The first-order chi connectivity index (χ1) is 11.7. The summed E-state index contributed by atoms with van der Waals surface area (Å²) >= 11 is 0. The van der Waals surface area contributed by atoms with Gasteiger partial charge in [0.2, 0.25) is 0 Å². The third kappa shape index (κ3) is 5.23. The van der Waals surface area contributed by atoms with Gasteiger partial charge < -0.3 is 15.2 Å². The molecule has 0 saturated carbocycles. The van der Waals surface area contributed by atoms with Crippen molar-refractivity contribution in [1.29, 1.82) is 0 Å². The second kappa shape index (κ2) is 9.67. The predicted molar refractivity (Wildman–Crippen MR) is 98.5 cm³/mol. The molecule has 2 heterocycles. The van der Waals surface area contributed by atoms with Gasteiger partial charge in [0.1, 0.15) is 5.76 Å². The van der Waals surface area contributed by atoms with Crippen LogP contribution in [0, 0.1) is 13.8 Å². The summed E-state index contributed by atoms with van der Waals surface area (Å²) in [6.07, 6.45) is 6.21. The van der Waals surface area contributed by atoms with Crippen LogP contribution in [0.1, 0.15) is 49.6 Å². The molecule has 1 atom stereocenters. The molecule has 6 nitrogen and oxygen atoms in total. The molecule has 2 N–H and O–H groups in total. The lowest BCUT2D eigenvalue weighted by Gasteiger charge is -2.35. The SMILES string of the molecule is CCC1CCCCN1CCNC(=NC)NCCc1c(C)noc1C. The number of aromatic nitrogens is 1. The first-order valence-electron chi connectivity index (χ1n) is 9.26. The van der Waals surface area contributed by atoms with Crippen molar-refractivity contribution < 1.29 is 4.52 Å². The molecule has 0 amide bonds. The molecule has 1 saturated heterocycles. The van der Waals surface area contributed by atoms with Gasteiger partial charge in [0, 0.05) is 38.3 Å². The Bertz CT molecular complexity index is 506. The fourth-order valence-electron chi connectivity index (χ4n) is 3.52. The van der Waals surface area contributed by atoms with E-state index < -0.39 is 0 Å². The van der Waals surface area contributed by atoms with Crippen molar-refractivity contribution >= 4 is 5.96 Å². The summed E-state index contributed by atoms with van der Waals surface area (Å²) in [5.41, 5.74) is 2.17. The lowest BCUT2D eigenvalue weighted by atomic mass is 10.0. The zero-order valence-corrected chi connectivity index (χ0v) is 15.7. The van der Waals surface area contributed by atoms with Gasteiger partial charge in [-0.05, 0) is 46.1 Å². The van der Waals surface area contributed by atoms with Crippen LogP contribution in [0.3, 0.4) is 0 Å². The van der Waals surface area contributed by atoms with Crippen molar-refractivity contribution in [3.63, 3.8) is 0 Å². The minimum absolute atomic E-state index is 0.759. The number of aryl methyl sites for hydroxylation is 2. The average Bonchev–Trinajstić information content (AvgIpc) is 2.92. The van der Waals surface area contributed by atoms with Crippen molar-refractivity contribution in [2.45, 2.75) is 58.9 Å². The fourth-order valence-corrected chi connectivity index (χ4v) is 3.52. The highest BCUT2D eigenvalue weighted by Gasteiger charge is 2.19. The molecule has 0 bridgehead atoms. The molecule has 1 aromatic rings. The summed E-state index contributed by atoms with van der Waals surface area (Å²) in [6.45, 7) is 10.3. The Morgan fingerprint density at radius 2 is 2.08 bits per heavy atom. The molecular weight excluding hydrogens is 302 g/mol. The van der Waals surface area contributed by atoms with Crippen molar-refractivity contribution in [2.24, 2.45) is 4.99 Å². The Morgan fingerprint density at radius 3 is 2.75 bits per heavy atom. The number of nitrogens with zero attached hydrogens (tertiary/aromatic N) is 3. The van der Waals surface area contributed by atoms with Gasteiger partial charge in [-0.1, -0.05) is 18.5 Å². The van der Waals surface area contributed by atoms with Crippen molar-refractivity contribution in [3.05, 3.63) is 17.0 Å². The number of piperidine rings is 1. The summed E-state index contributed by atoms with van der Waals surface area (Å²) in [6, 6.07) is 0.759. The Hall–Kier alpha value is -1.56. The quantitative estimate of drug-likeness (QED) is 0.591. The smallest absolute Gasteiger partial charge is 0.191 e. The normalized spacial score (nSPS) is 19.5. The first kappa shape index (κ1) is 18.8. The zero-order valence-electron chi connectivity index (χ0n) is 15.7. The molecule has 0 spiro atoms. The summed E-state index contributed by atoms with van der Waals surface area (Å²) in [5.74, 6) is 1.78. The van der Waals surface area contributed by atoms with E-state index in [4.69, 9.17) is 4.52 Å². The van der Waals surface area contributed by atoms with Crippen molar-refractivity contribution in [1.82, 2.24) is 20.7 Å². The highest BCUT2D eigenvalue weighted by Crippen LogP contribution is 2.18. The molecule has 1 aromatic heterocycles. The van der Waals surface area contributed by atoms with Gasteiger partial charge in [-0.2, -0.15) is 0 Å². The van der Waals surface area contributed by atoms with Gasteiger partial charge in [-0.25, -0.2) is 0 Å². The van der Waals surface area contributed by atoms with Gasteiger partial charge in [0.05, 0.1) is 5.69 Å². The van der Waals surface area contributed by atoms with E-state index in [1.807, 2.05) is 20.9 Å². The van der Waals surface area contributed by atoms with Crippen molar-refractivity contribution in [3.8, 4) is 0 Å². The van der Waals surface area contributed by atoms with Crippen LogP contribution in [0.4, 0.5) is 0 Å². The monoisotopic (exact) mass is 335 g/mol. The van der Waals surface area contributed by atoms with E-state index in [-0.39, 0.29) is 0 Å². The van der Waals surface area contributed by atoms with E-state index in [1.54, 1.807) is 0 Å². The van der Waals surface area contributed by atoms with Crippen LogP contribution in [-0.4, -0.2) is 55.3 Å². The number of nitrogens with one attached hydrogen (secondary N) is 2. The Kier molecular flexibility index (Phi) is 7.56. The average molecular weight is 335 g/mol. The number of aliphatic imine (C=N–C) groups is 1. The summed E-state index contributed by atoms with van der Waals surface area (Å²) in [4.78, 5) is 6.93. The highest BCUT2D eigenvalue weighted by molar-refractivity contribution is 5.79. The van der Waals surface area contributed by atoms with Crippen LogP contribution < -0.4 is 10.6 Å². The topological polar surface area (TPSA) is 65.7 Å². The third-order valence-corrected chi connectivity index (χ3v) is 4.98. The number of rotatable bonds is 7. The van der Waals surface area contributed by atoms with Crippen LogP contribution >= 0.6 is 0 Å². The molecule has 1 fully saturated rings. The van der Waals surface area contributed by atoms with Crippen LogP contribution in [0.2, 0.25) is 0 Å². The largest absolute Gasteiger partial charge is 0.361 e. The van der Waals surface area contributed by atoms with Crippen LogP contribution in [0.25, 0.3) is 0 Å². The second-order valence-corrected chi connectivity index (χ2v) is 6.57. The van der Waals surface area contributed by atoms with Crippen LogP contribution in [0.5, 0.6) is 0 Å². The van der Waals surface area contributed by atoms with Gasteiger partial charge >= 0.3 is 0 Å². The molecular formula is C18H33N5O. The molecule has 0 radical (unpaired) electrons. The maximum atomic E-state index is 5.20. The molecule has 2 rings (SSSR count). The van der Waals surface area contributed by atoms with Gasteiger partial charge in [0.15, 0.2) is 5.96 Å².